The van der Waals surface area contributed by atoms with E-state index in [4.69, 9.17) is 29.4 Å². The van der Waals surface area contributed by atoms with Gasteiger partial charge in [0.15, 0.2) is 12.1 Å². The zero-order valence-corrected chi connectivity index (χ0v) is 43.2. The fourth-order valence-corrected chi connectivity index (χ4v) is 8.64. The highest BCUT2D eigenvalue weighted by Gasteiger charge is 2.51. The predicted molar refractivity (Wildman–Crippen MR) is 268 cm³/mol. The summed E-state index contributed by atoms with van der Waals surface area (Å²) >= 11 is 0. The first-order valence-electron chi connectivity index (χ1n) is 25.2. The molecule has 0 aromatic carbocycles. The van der Waals surface area contributed by atoms with Gasteiger partial charge in [0.25, 0.3) is 0 Å². The molecule has 0 unspecified atom stereocenters. The Bertz CT molecular complexity index is 1920. The number of amides is 1. The van der Waals surface area contributed by atoms with Gasteiger partial charge >= 0.3 is 11.9 Å². The van der Waals surface area contributed by atoms with Crippen LogP contribution in [-0.2, 0) is 38.1 Å². The fraction of sp³-hybridized carbons (Fsp3) is 0.679. The van der Waals surface area contributed by atoms with E-state index in [2.05, 4.69) is 5.32 Å². The molecule has 3 aliphatic rings. The molecule has 13 N–H and O–H groups in total. The lowest BCUT2D eigenvalue weighted by atomic mass is 9.82. The zero-order valence-electron chi connectivity index (χ0n) is 43.2. The molecule has 414 valence electrons. The van der Waals surface area contributed by atoms with Crippen molar-refractivity contribution >= 4 is 17.8 Å². The fourth-order valence-electron chi connectivity index (χ4n) is 8.64. The number of esters is 2. The predicted octanol–water partition coefficient (Wildman–Crippen LogP) is 1.09. The van der Waals surface area contributed by atoms with E-state index >= 15 is 0 Å². The molecule has 20 heteroatoms. The minimum absolute atomic E-state index is 0.120. The Labute approximate surface area is 429 Å². The van der Waals surface area contributed by atoms with Gasteiger partial charge in [-0.25, -0.2) is 0 Å². The van der Waals surface area contributed by atoms with E-state index in [1.54, 1.807) is 95.4 Å². The second-order valence-corrected chi connectivity index (χ2v) is 20.5. The normalized spacial score (nSPS) is 41.9. The van der Waals surface area contributed by atoms with Crippen molar-refractivity contribution in [2.75, 3.05) is 6.54 Å². The van der Waals surface area contributed by atoms with Crippen molar-refractivity contribution in [3.8, 4) is 0 Å². The zero-order chi connectivity index (χ0) is 54.6. The molecule has 2 bridgehead atoms. The minimum atomic E-state index is -2.36. The van der Waals surface area contributed by atoms with Crippen molar-refractivity contribution in [2.45, 2.75) is 203 Å². The van der Waals surface area contributed by atoms with E-state index in [1.165, 1.54) is 13.0 Å². The Morgan fingerprint density at radius 3 is 1.86 bits per heavy atom. The highest BCUT2D eigenvalue weighted by molar-refractivity contribution is 5.84. The maximum atomic E-state index is 13.9. The molecule has 2 fully saturated rings. The first-order chi connectivity index (χ1) is 34.2. The lowest BCUT2D eigenvalue weighted by Gasteiger charge is -2.46. The maximum absolute atomic E-state index is 13.9. The van der Waals surface area contributed by atoms with Gasteiger partial charge in [0.05, 0.1) is 85.5 Å². The van der Waals surface area contributed by atoms with Crippen LogP contribution in [-0.4, -0.2) is 179 Å². The summed E-state index contributed by atoms with van der Waals surface area (Å²) in [5.41, 5.74) is 5.23. The molecule has 20 nitrogen and oxygen atoms in total. The Morgan fingerprint density at radius 1 is 0.699 bits per heavy atom. The van der Waals surface area contributed by atoms with E-state index < -0.39 is 165 Å². The van der Waals surface area contributed by atoms with Gasteiger partial charge in [0, 0.05) is 37.5 Å². The van der Waals surface area contributed by atoms with Gasteiger partial charge in [-0.2, -0.15) is 0 Å². The standard InChI is InChI=1S/C53H84N2O18/c1-31-20-18-16-14-12-10-8-9-11-13-15-17-19-21-38(71-51-49(66)46(54)48(65)34(4)70-51)27-42-45(50(67)55-30-44(63)73-52(5,6)7)41(61)29-53(68,72-42)28-37(58)25-40(60)39(59)23-22-35(56)24-36(57)26-43(62)69-33(3)32(2)47(31)64/h8-21,31-42,45-49,51,56-61,64-66,68H,22-30,54H2,1-7H3,(H,55,67)/b9-8+,12-10+,13-11+,16-14+,17-15+,20-18+,21-19+/t31-,32-,33-,34+,35+,36+,37-,38-,39+,40+,41-,42-,45+,46-,47+,48+,49-,51-,53+/m0/s1. The Kier molecular flexibility index (Phi) is 26.5. The quantitative estimate of drug-likeness (QED) is 0.171. The van der Waals surface area contributed by atoms with Crippen LogP contribution in [0.15, 0.2) is 85.1 Å². The van der Waals surface area contributed by atoms with Crippen LogP contribution in [0.3, 0.4) is 0 Å². The molecule has 3 heterocycles. The van der Waals surface area contributed by atoms with Gasteiger partial charge in [-0.3, -0.25) is 14.4 Å². The number of aliphatic hydroxyl groups excluding tert-OH is 9. The summed E-state index contributed by atoms with van der Waals surface area (Å²) < 4.78 is 29.0. The Balaban J connectivity index is 1.96. The molecular formula is C53H84N2O18. The number of carbonyl (C=O) groups excluding carboxylic acids is 3. The number of rotatable bonds is 5. The molecule has 1 amide bonds. The number of allylic oxidation sites excluding steroid dienone is 12. The van der Waals surface area contributed by atoms with Gasteiger partial charge in [-0.1, -0.05) is 98.9 Å². The van der Waals surface area contributed by atoms with Crippen LogP contribution < -0.4 is 11.1 Å². The van der Waals surface area contributed by atoms with E-state index in [0.29, 0.717) is 0 Å². The number of nitrogens with two attached hydrogens (primary N) is 1. The Morgan fingerprint density at radius 2 is 1.27 bits per heavy atom. The molecule has 2 saturated heterocycles. The molecule has 0 saturated carbocycles. The number of aliphatic hydroxyl groups is 10. The van der Waals surface area contributed by atoms with E-state index in [1.807, 2.05) is 25.2 Å². The molecule has 0 aromatic rings. The lowest BCUT2D eigenvalue weighted by Crippen LogP contribution is -2.62. The average molecular weight is 1040 g/mol. The van der Waals surface area contributed by atoms with Crippen LogP contribution in [0.5, 0.6) is 0 Å². The number of carbonyl (C=O) groups is 3. The van der Waals surface area contributed by atoms with Crippen molar-refractivity contribution in [3.05, 3.63) is 85.1 Å². The number of cyclic esters (lactones) is 1. The summed E-state index contributed by atoms with van der Waals surface area (Å²) in [4.78, 5) is 39.1. The molecule has 0 spiro atoms. The largest absolute Gasteiger partial charge is 0.462 e. The first kappa shape index (κ1) is 63.3. The SMILES string of the molecule is C[C@@H]1[C@H](O)[C@@H](C)/C=C/C=C/C=C/C=C/C=C/C=C/C=C/[C@H](O[C@@H]2O[C@H](C)[C@@H](O)[C@H](N)[C@@H]2O)C[C@@H]2O[C@](O)(C[C@@H](O)C[C@@H](O)[C@H](O)CC[C@@H](O)C[C@@H](O)CC(=O)O[C@H]1C)C[C@H](O)[C@H]2C(=O)NCC(=O)OC(C)(C)C. The van der Waals surface area contributed by atoms with Crippen LogP contribution in [0, 0.1) is 17.8 Å². The van der Waals surface area contributed by atoms with Crippen LogP contribution >= 0.6 is 0 Å². The molecule has 0 aromatic heterocycles. The lowest BCUT2D eigenvalue weighted by molar-refractivity contribution is -0.307. The first-order valence-corrected chi connectivity index (χ1v) is 25.2. The van der Waals surface area contributed by atoms with Crippen molar-refractivity contribution in [2.24, 2.45) is 23.5 Å². The van der Waals surface area contributed by atoms with Crippen molar-refractivity contribution in [1.82, 2.24) is 5.32 Å². The van der Waals surface area contributed by atoms with Gasteiger partial charge in [-0.15, -0.1) is 0 Å². The molecule has 3 rings (SSSR count). The summed E-state index contributed by atoms with van der Waals surface area (Å²) in [6.45, 7) is 11.1. The van der Waals surface area contributed by atoms with Crippen LogP contribution in [0.4, 0.5) is 0 Å². The topological polar surface area (TPSA) is 338 Å². The van der Waals surface area contributed by atoms with Crippen molar-refractivity contribution in [3.63, 3.8) is 0 Å². The monoisotopic (exact) mass is 1040 g/mol. The number of hydrogen-bond acceptors (Lipinski definition) is 19. The van der Waals surface area contributed by atoms with Gasteiger partial charge in [0.2, 0.25) is 5.91 Å². The van der Waals surface area contributed by atoms with E-state index in [9.17, 15) is 65.4 Å². The third-order valence-corrected chi connectivity index (χ3v) is 12.9. The molecule has 3 aliphatic heterocycles. The highest BCUT2D eigenvalue weighted by atomic mass is 16.7. The van der Waals surface area contributed by atoms with Crippen LogP contribution in [0.2, 0.25) is 0 Å². The number of ether oxygens (including phenoxy) is 5. The highest BCUT2D eigenvalue weighted by Crippen LogP contribution is 2.38. The number of fused-ring (bicyclic) bond motifs is 2. The summed E-state index contributed by atoms with van der Waals surface area (Å²) in [5.74, 6) is -6.94. The van der Waals surface area contributed by atoms with E-state index in [-0.39, 0.29) is 31.6 Å². The molecule has 0 aliphatic carbocycles. The summed E-state index contributed by atoms with van der Waals surface area (Å²) in [5, 5.41) is 112. The smallest absolute Gasteiger partial charge is 0.325 e. The van der Waals surface area contributed by atoms with Crippen molar-refractivity contribution in [1.29, 1.82) is 0 Å². The second kappa shape index (κ2) is 30.5. The second-order valence-electron chi connectivity index (χ2n) is 20.5. The average Bonchev–Trinajstić information content (AvgIpc) is 3.28. The molecule has 19 atom stereocenters. The third-order valence-electron chi connectivity index (χ3n) is 12.9. The summed E-state index contributed by atoms with van der Waals surface area (Å²) in [6.07, 6.45) is 3.26. The number of nitrogens with one attached hydrogen (secondary N) is 1. The Hall–Kier alpha value is -3.97. The minimum Gasteiger partial charge on any atom is -0.462 e. The summed E-state index contributed by atoms with van der Waals surface area (Å²) in [6, 6.07) is -1.17. The van der Waals surface area contributed by atoms with Gasteiger partial charge < -0.3 is 85.8 Å². The van der Waals surface area contributed by atoms with E-state index in [0.717, 1.165) is 0 Å². The maximum Gasteiger partial charge on any atom is 0.325 e. The van der Waals surface area contributed by atoms with Gasteiger partial charge in [-0.05, 0) is 53.9 Å². The van der Waals surface area contributed by atoms with Crippen LogP contribution in [0.1, 0.15) is 99.8 Å². The summed E-state index contributed by atoms with van der Waals surface area (Å²) in [7, 11) is 0. The number of hydrogen-bond donors (Lipinski definition) is 12. The van der Waals surface area contributed by atoms with Crippen molar-refractivity contribution < 1.29 is 89.1 Å². The molecular weight excluding hydrogens is 953 g/mol. The third kappa shape index (κ3) is 22.4. The molecule has 0 radical (unpaired) electrons. The molecule has 73 heavy (non-hydrogen) atoms. The van der Waals surface area contributed by atoms with Crippen LogP contribution in [0.25, 0.3) is 0 Å². The van der Waals surface area contributed by atoms with Gasteiger partial charge in [0.1, 0.15) is 24.4 Å².